The minimum Gasteiger partial charge on any atom is -0.436 e. The van der Waals surface area contributed by atoms with E-state index in [9.17, 15) is 0 Å². The number of fused-ring (bicyclic) bond motifs is 1. The van der Waals surface area contributed by atoms with Gasteiger partial charge in [-0.05, 0) is 30.3 Å². The summed E-state index contributed by atoms with van der Waals surface area (Å²) in [7, 11) is 0. The summed E-state index contributed by atoms with van der Waals surface area (Å²) >= 11 is 5.81. The van der Waals surface area contributed by atoms with E-state index in [-0.39, 0.29) is 0 Å². The molecule has 0 aliphatic carbocycles. The highest BCUT2D eigenvalue weighted by Gasteiger charge is 2.07. The Labute approximate surface area is 114 Å². The Bertz CT molecular complexity index is 740. The van der Waals surface area contributed by atoms with Gasteiger partial charge in [0.2, 0.25) is 5.88 Å². The number of benzene rings is 1. The molecule has 1 aromatic carbocycles. The summed E-state index contributed by atoms with van der Waals surface area (Å²) < 4.78 is 5.74. The first-order valence-electron chi connectivity index (χ1n) is 5.66. The molecule has 0 bridgehead atoms. The molecule has 0 saturated heterocycles. The van der Waals surface area contributed by atoms with E-state index < -0.39 is 0 Å². The summed E-state index contributed by atoms with van der Waals surface area (Å²) in [6.45, 7) is 0. The van der Waals surface area contributed by atoms with Crippen molar-refractivity contribution in [3.63, 3.8) is 0 Å². The van der Waals surface area contributed by atoms with Crippen molar-refractivity contribution in [2.45, 2.75) is 0 Å². The zero-order chi connectivity index (χ0) is 13.2. The summed E-state index contributed by atoms with van der Waals surface area (Å²) in [5, 5.41) is 1.38. The van der Waals surface area contributed by atoms with E-state index in [0.717, 1.165) is 10.9 Å². The summed E-state index contributed by atoms with van der Waals surface area (Å²) in [4.78, 5) is 8.35. The number of anilines is 1. The van der Waals surface area contributed by atoms with Crippen LogP contribution in [0.25, 0.3) is 10.9 Å². The van der Waals surface area contributed by atoms with Gasteiger partial charge in [0, 0.05) is 17.8 Å². The smallest absolute Gasteiger partial charge is 0.242 e. The van der Waals surface area contributed by atoms with Gasteiger partial charge in [-0.1, -0.05) is 17.7 Å². The number of rotatable bonds is 2. The molecule has 0 aliphatic heterocycles. The normalized spacial score (nSPS) is 10.6. The third-order valence-corrected chi connectivity index (χ3v) is 2.86. The molecular formula is C14H10ClN3O. The fourth-order valence-electron chi connectivity index (χ4n) is 1.80. The molecule has 3 rings (SSSR count). The molecule has 0 unspecified atom stereocenters. The molecule has 0 amide bonds. The van der Waals surface area contributed by atoms with E-state index in [4.69, 9.17) is 22.1 Å². The van der Waals surface area contributed by atoms with Crippen LogP contribution < -0.4 is 10.5 Å². The van der Waals surface area contributed by atoms with Gasteiger partial charge in [-0.2, -0.15) is 0 Å². The number of hydrogen-bond donors (Lipinski definition) is 1. The molecule has 2 N–H and O–H groups in total. The van der Waals surface area contributed by atoms with E-state index in [2.05, 4.69) is 9.97 Å². The largest absolute Gasteiger partial charge is 0.436 e. The predicted molar refractivity (Wildman–Crippen MR) is 75.5 cm³/mol. The number of hydrogen-bond acceptors (Lipinski definition) is 4. The van der Waals surface area contributed by atoms with Crippen LogP contribution in [0.3, 0.4) is 0 Å². The van der Waals surface area contributed by atoms with Crippen molar-refractivity contribution in [1.29, 1.82) is 0 Å². The Morgan fingerprint density at radius 1 is 1.11 bits per heavy atom. The number of halogens is 1. The lowest BCUT2D eigenvalue weighted by Crippen LogP contribution is -1.95. The number of nitrogens with two attached hydrogens (primary N) is 1. The molecule has 4 nitrogen and oxygen atoms in total. The Balaban J connectivity index is 2.06. The summed E-state index contributed by atoms with van der Waals surface area (Å²) in [5.74, 6) is 0.993. The third-order valence-electron chi connectivity index (χ3n) is 2.66. The second kappa shape index (κ2) is 4.74. The van der Waals surface area contributed by atoms with Gasteiger partial charge in [0.25, 0.3) is 0 Å². The molecule has 0 spiro atoms. The van der Waals surface area contributed by atoms with Crippen LogP contribution >= 0.6 is 11.6 Å². The highest BCUT2D eigenvalue weighted by molar-refractivity contribution is 6.30. The molecule has 0 radical (unpaired) electrons. The van der Waals surface area contributed by atoms with Gasteiger partial charge < -0.3 is 10.5 Å². The molecule has 19 heavy (non-hydrogen) atoms. The van der Waals surface area contributed by atoms with Crippen LogP contribution in [-0.2, 0) is 0 Å². The topological polar surface area (TPSA) is 61.0 Å². The van der Waals surface area contributed by atoms with Crippen LogP contribution in [0.5, 0.6) is 11.6 Å². The van der Waals surface area contributed by atoms with Crippen LogP contribution in [0.4, 0.5) is 5.69 Å². The van der Waals surface area contributed by atoms with Crippen molar-refractivity contribution >= 4 is 28.2 Å². The van der Waals surface area contributed by atoms with E-state index in [1.807, 2.05) is 30.3 Å². The molecule has 94 valence electrons. The van der Waals surface area contributed by atoms with E-state index in [1.165, 1.54) is 6.20 Å². The monoisotopic (exact) mass is 271 g/mol. The lowest BCUT2D eigenvalue weighted by atomic mass is 10.2. The van der Waals surface area contributed by atoms with Crippen molar-refractivity contribution < 1.29 is 4.74 Å². The predicted octanol–water partition coefficient (Wildman–Crippen LogP) is 3.66. The first-order chi connectivity index (χ1) is 9.24. The second-order valence-electron chi connectivity index (χ2n) is 3.98. The standard InChI is InChI=1S/C14H10ClN3O/c15-9-7-11(16)14(18-8-9)19-13-5-1-4-12-10(13)3-2-6-17-12/h1-8H,16H2. The maximum Gasteiger partial charge on any atom is 0.242 e. The number of nitrogen functional groups attached to an aromatic ring is 1. The van der Waals surface area contributed by atoms with Crippen molar-refractivity contribution in [1.82, 2.24) is 9.97 Å². The lowest BCUT2D eigenvalue weighted by Gasteiger charge is -2.09. The number of ether oxygens (including phenoxy) is 1. The molecule has 5 heteroatoms. The van der Waals surface area contributed by atoms with Gasteiger partial charge in [-0.25, -0.2) is 4.98 Å². The van der Waals surface area contributed by atoms with Crippen LogP contribution in [0, 0.1) is 0 Å². The van der Waals surface area contributed by atoms with Gasteiger partial charge in [-0.3, -0.25) is 4.98 Å². The van der Waals surface area contributed by atoms with Crippen LogP contribution in [0.1, 0.15) is 0 Å². The van der Waals surface area contributed by atoms with Crippen LogP contribution in [0.15, 0.2) is 48.8 Å². The second-order valence-corrected chi connectivity index (χ2v) is 4.41. The first kappa shape index (κ1) is 11.7. The van der Waals surface area contributed by atoms with Gasteiger partial charge in [-0.15, -0.1) is 0 Å². The Morgan fingerprint density at radius 2 is 2.00 bits per heavy atom. The molecule has 0 saturated carbocycles. The van der Waals surface area contributed by atoms with Crippen LogP contribution in [-0.4, -0.2) is 9.97 Å². The third kappa shape index (κ3) is 2.30. The molecule has 2 aromatic heterocycles. The zero-order valence-corrected chi connectivity index (χ0v) is 10.6. The summed E-state index contributed by atoms with van der Waals surface area (Å²) in [6.07, 6.45) is 3.23. The molecule has 0 atom stereocenters. The summed E-state index contributed by atoms with van der Waals surface area (Å²) in [5.41, 5.74) is 7.08. The average Bonchev–Trinajstić information content (AvgIpc) is 2.42. The Morgan fingerprint density at radius 3 is 2.84 bits per heavy atom. The number of aromatic nitrogens is 2. The number of pyridine rings is 2. The van der Waals surface area contributed by atoms with Crippen LogP contribution in [0.2, 0.25) is 5.02 Å². The van der Waals surface area contributed by atoms with Gasteiger partial charge in [0.05, 0.1) is 16.2 Å². The molecule has 2 heterocycles. The Kier molecular flexibility index (Phi) is 2.93. The maximum atomic E-state index is 5.83. The fourth-order valence-corrected chi connectivity index (χ4v) is 1.96. The zero-order valence-electron chi connectivity index (χ0n) is 9.88. The van der Waals surface area contributed by atoms with Crippen molar-refractivity contribution in [3.8, 4) is 11.6 Å². The first-order valence-corrected chi connectivity index (χ1v) is 6.04. The highest BCUT2D eigenvalue weighted by Crippen LogP contribution is 2.31. The van der Waals surface area contributed by atoms with E-state index in [0.29, 0.717) is 22.3 Å². The highest BCUT2D eigenvalue weighted by atomic mass is 35.5. The molecule has 3 aromatic rings. The van der Waals surface area contributed by atoms with Crippen molar-refractivity contribution in [2.75, 3.05) is 5.73 Å². The minimum absolute atomic E-state index is 0.334. The van der Waals surface area contributed by atoms with E-state index >= 15 is 0 Å². The van der Waals surface area contributed by atoms with E-state index in [1.54, 1.807) is 12.3 Å². The Hall–Kier alpha value is -2.33. The molecule has 0 fully saturated rings. The van der Waals surface area contributed by atoms with Crippen molar-refractivity contribution in [2.24, 2.45) is 0 Å². The minimum atomic E-state index is 0.334. The summed E-state index contributed by atoms with van der Waals surface area (Å²) in [6, 6.07) is 11.0. The van der Waals surface area contributed by atoms with Gasteiger partial charge >= 0.3 is 0 Å². The lowest BCUT2D eigenvalue weighted by molar-refractivity contribution is 0.471. The SMILES string of the molecule is Nc1cc(Cl)cnc1Oc1cccc2ncccc12. The van der Waals surface area contributed by atoms with Gasteiger partial charge in [0.1, 0.15) is 5.75 Å². The molecule has 0 aliphatic rings. The van der Waals surface area contributed by atoms with Crippen molar-refractivity contribution in [3.05, 3.63) is 53.8 Å². The quantitative estimate of drug-likeness (QED) is 0.773. The average molecular weight is 272 g/mol. The van der Waals surface area contributed by atoms with Gasteiger partial charge in [0.15, 0.2) is 0 Å². The number of nitrogens with zero attached hydrogens (tertiary/aromatic N) is 2. The molecular weight excluding hydrogens is 262 g/mol. The maximum absolute atomic E-state index is 5.83. The fraction of sp³-hybridized carbons (Fsp3) is 0.